The van der Waals surface area contributed by atoms with Crippen LogP contribution in [-0.4, -0.2) is 22.9 Å². The van der Waals surface area contributed by atoms with Crippen molar-refractivity contribution in [1.29, 1.82) is 0 Å². The lowest BCUT2D eigenvalue weighted by Gasteiger charge is -2.05. The number of carbonyl (C=O) groups is 2. The summed E-state index contributed by atoms with van der Waals surface area (Å²) in [5.74, 6) is -1.26. The first kappa shape index (κ1) is 13.0. The Hall–Kier alpha value is -2.08. The molecule has 0 fully saturated rings. The van der Waals surface area contributed by atoms with E-state index >= 15 is 0 Å². The predicted octanol–water partition coefficient (Wildman–Crippen LogP) is 0.829. The van der Waals surface area contributed by atoms with Crippen LogP contribution < -0.4 is 5.48 Å². The topological polar surface area (TPSA) is 95.8 Å². The van der Waals surface area contributed by atoms with Crippen LogP contribution in [-0.2, 0) is 16.0 Å². The van der Waals surface area contributed by atoms with Crippen molar-refractivity contribution in [2.24, 2.45) is 5.18 Å². The number of carbonyl (C=O) groups excluding carboxylic acids is 2. The number of nitroso groups, excluding NO2 is 1. The quantitative estimate of drug-likeness (QED) is 0.434. The summed E-state index contributed by atoms with van der Waals surface area (Å²) in [6.07, 6.45) is -0.184. The molecule has 0 aliphatic carbocycles. The zero-order valence-corrected chi connectivity index (χ0v) is 9.00. The molecule has 6 nitrogen and oxygen atoms in total. The van der Waals surface area contributed by atoms with Crippen molar-refractivity contribution in [3.63, 3.8) is 0 Å². The second-order valence-corrected chi connectivity index (χ2v) is 3.50. The molecule has 90 valence electrons. The number of rotatable bonds is 6. The minimum atomic E-state index is -1.38. The molecule has 6 heteroatoms. The van der Waals surface area contributed by atoms with Crippen molar-refractivity contribution in [2.45, 2.75) is 18.9 Å². The van der Waals surface area contributed by atoms with E-state index in [0.29, 0.717) is 0 Å². The van der Waals surface area contributed by atoms with E-state index in [9.17, 15) is 14.5 Å². The van der Waals surface area contributed by atoms with Crippen molar-refractivity contribution in [3.8, 4) is 0 Å². The Morgan fingerprint density at radius 1 is 1.29 bits per heavy atom. The van der Waals surface area contributed by atoms with Gasteiger partial charge < -0.3 is 0 Å². The Morgan fingerprint density at radius 2 is 1.94 bits per heavy atom. The number of amides is 1. The van der Waals surface area contributed by atoms with Crippen LogP contribution in [0.2, 0.25) is 0 Å². The Labute approximate surface area is 97.6 Å². The monoisotopic (exact) mass is 236 g/mol. The first-order chi connectivity index (χ1) is 8.17. The van der Waals surface area contributed by atoms with Crippen molar-refractivity contribution < 1.29 is 14.8 Å². The van der Waals surface area contributed by atoms with Gasteiger partial charge in [0.2, 0.25) is 0 Å². The lowest BCUT2D eigenvalue weighted by atomic mass is 10.0. The first-order valence-electron chi connectivity index (χ1n) is 4.99. The van der Waals surface area contributed by atoms with Gasteiger partial charge in [0.15, 0.2) is 6.04 Å². The van der Waals surface area contributed by atoms with Crippen LogP contribution in [0, 0.1) is 4.91 Å². The molecular formula is C11H12N2O4. The van der Waals surface area contributed by atoms with Crippen LogP contribution in [0.4, 0.5) is 0 Å². The Bertz CT molecular complexity index is 405. The highest BCUT2D eigenvalue weighted by molar-refractivity contribution is 5.89. The second-order valence-electron chi connectivity index (χ2n) is 3.50. The molecule has 0 radical (unpaired) electrons. The van der Waals surface area contributed by atoms with Crippen LogP contribution in [0.3, 0.4) is 0 Å². The SMILES string of the molecule is O=NC(CC(=O)Cc1ccccc1)C(=O)NO. The maximum atomic E-state index is 11.5. The van der Waals surface area contributed by atoms with E-state index in [4.69, 9.17) is 5.21 Å². The van der Waals surface area contributed by atoms with Crippen LogP contribution in [0.25, 0.3) is 0 Å². The molecule has 1 aromatic rings. The second kappa shape index (κ2) is 6.49. The summed E-state index contributed by atoms with van der Waals surface area (Å²) >= 11 is 0. The summed E-state index contributed by atoms with van der Waals surface area (Å²) < 4.78 is 0. The largest absolute Gasteiger partial charge is 0.299 e. The van der Waals surface area contributed by atoms with Gasteiger partial charge in [-0.05, 0) is 5.56 Å². The number of nitrogens with zero attached hydrogens (tertiary/aromatic N) is 1. The normalized spacial score (nSPS) is 11.6. The van der Waals surface area contributed by atoms with Gasteiger partial charge in [0, 0.05) is 12.8 Å². The average Bonchev–Trinajstić information content (AvgIpc) is 2.36. The summed E-state index contributed by atoms with van der Waals surface area (Å²) in [5, 5.41) is 10.8. The highest BCUT2D eigenvalue weighted by Crippen LogP contribution is 2.05. The molecule has 0 aromatic heterocycles. The van der Waals surface area contributed by atoms with Gasteiger partial charge in [0.05, 0.1) is 0 Å². The van der Waals surface area contributed by atoms with E-state index in [0.717, 1.165) is 5.56 Å². The third-order valence-electron chi connectivity index (χ3n) is 2.21. The minimum absolute atomic E-state index is 0.131. The zero-order valence-electron chi connectivity index (χ0n) is 9.00. The van der Waals surface area contributed by atoms with E-state index in [2.05, 4.69) is 5.18 Å². The van der Waals surface area contributed by atoms with Gasteiger partial charge in [-0.2, -0.15) is 0 Å². The van der Waals surface area contributed by atoms with Gasteiger partial charge in [0.1, 0.15) is 5.78 Å². The standard InChI is InChI=1S/C11H12N2O4/c14-9(6-8-4-2-1-3-5-8)7-10(12-16)11(15)13-17/h1-5,10,17H,6-7H2,(H,13,15). The molecule has 2 N–H and O–H groups in total. The molecule has 1 aromatic carbocycles. The lowest BCUT2D eigenvalue weighted by Crippen LogP contribution is -2.32. The maximum absolute atomic E-state index is 11.5. The van der Waals surface area contributed by atoms with Crippen molar-refractivity contribution >= 4 is 11.7 Å². The van der Waals surface area contributed by atoms with Gasteiger partial charge in [-0.15, -0.1) is 4.91 Å². The van der Waals surface area contributed by atoms with Crippen LogP contribution in [0.5, 0.6) is 0 Å². The van der Waals surface area contributed by atoms with Gasteiger partial charge >= 0.3 is 0 Å². The Kier molecular flexibility index (Phi) is 4.96. The van der Waals surface area contributed by atoms with Gasteiger partial charge in [-0.25, -0.2) is 5.48 Å². The van der Waals surface area contributed by atoms with Gasteiger partial charge in [-0.1, -0.05) is 35.5 Å². The lowest BCUT2D eigenvalue weighted by molar-refractivity contribution is -0.132. The molecule has 1 atom stereocenters. The summed E-state index contributed by atoms with van der Waals surface area (Å²) in [6.45, 7) is 0. The molecule has 0 spiro atoms. The fourth-order valence-corrected chi connectivity index (χ4v) is 1.36. The van der Waals surface area contributed by atoms with Crippen molar-refractivity contribution in [2.75, 3.05) is 0 Å². The molecular weight excluding hydrogens is 224 g/mol. The molecule has 0 aliphatic heterocycles. The number of hydrogen-bond acceptors (Lipinski definition) is 5. The Balaban J connectivity index is 2.54. The van der Waals surface area contributed by atoms with Gasteiger partial charge in [0.25, 0.3) is 5.91 Å². The van der Waals surface area contributed by atoms with Crippen LogP contribution >= 0.6 is 0 Å². The number of hydroxylamine groups is 1. The molecule has 0 aliphatic rings. The van der Waals surface area contributed by atoms with E-state index in [-0.39, 0.29) is 18.6 Å². The Morgan fingerprint density at radius 3 is 2.47 bits per heavy atom. The van der Waals surface area contributed by atoms with E-state index in [1.807, 2.05) is 6.07 Å². The van der Waals surface area contributed by atoms with Gasteiger partial charge in [-0.3, -0.25) is 14.8 Å². The molecule has 0 saturated heterocycles. The number of ketones is 1. The zero-order chi connectivity index (χ0) is 12.7. The fraction of sp³-hybridized carbons (Fsp3) is 0.273. The summed E-state index contributed by atoms with van der Waals surface area (Å²) in [6, 6.07) is 7.57. The molecule has 0 saturated carbocycles. The van der Waals surface area contributed by atoms with Crippen LogP contribution in [0.1, 0.15) is 12.0 Å². The predicted molar refractivity (Wildman–Crippen MR) is 59.3 cm³/mol. The van der Waals surface area contributed by atoms with Crippen molar-refractivity contribution in [1.82, 2.24) is 5.48 Å². The average molecular weight is 236 g/mol. The molecule has 1 amide bonds. The summed E-state index contributed by atoms with van der Waals surface area (Å²) in [4.78, 5) is 32.8. The highest BCUT2D eigenvalue weighted by Gasteiger charge is 2.22. The molecule has 0 bridgehead atoms. The molecule has 1 unspecified atom stereocenters. The number of benzene rings is 1. The third-order valence-corrected chi connectivity index (χ3v) is 2.21. The van der Waals surface area contributed by atoms with E-state index < -0.39 is 11.9 Å². The first-order valence-corrected chi connectivity index (χ1v) is 4.99. The van der Waals surface area contributed by atoms with Crippen molar-refractivity contribution in [3.05, 3.63) is 40.8 Å². The molecule has 0 heterocycles. The summed E-state index contributed by atoms with van der Waals surface area (Å²) in [5.41, 5.74) is 2.10. The number of hydrogen-bond donors (Lipinski definition) is 2. The van der Waals surface area contributed by atoms with Crippen LogP contribution in [0.15, 0.2) is 35.5 Å². The number of nitrogens with one attached hydrogen (secondary N) is 1. The van der Waals surface area contributed by atoms with E-state index in [1.54, 1.807) is 24.3 Å². The minimum Gasteiger partial charge on any atom is -0.299 e. The van der Waals surface area contributed by atoms with E-state index in [1.165, 1.54) is 5.48 Å². The summed E-state index contributed by atoms with van der Waals surface area (Å²) in [7, 11) is 0. The highest BCUT2D eigenvalue weighted by atomic mass is 16.5. The third kappa shape index (κ3) is 4.12. The molecule has 17 heavy (non-hydrogen) atoms. The smallest absolute Gasteiger partial charge is 0.272 e. The molecule has 1 rings (SSSR count). The fourth-order valence-electron chi connectivity index (χ4n) is 1.36. The number of Topliss-reactive ketones (excluding diaryl/α,β-unsaturated/α-hetero) is 1. The maximum Gasteiger partial charge on any atom is 0.272 e.